The number of thiol groups is 1. The Morgan fingerprint density at radius 1 is 1.47 bits per heavy atom. The number of nitro benzene ring substituents is 1. The van der Waals surface area contributed by atoms with Gasteiger partial charge in [0.15, 0.2) is 0 Å². The molecule has 6 heteroatoms. The molecule has 0 saturated carbocycles. The van der Waals surface area contributed by atoms with E-state index in [2.05, 4.69) is 12.6 Å². The topological polar surface area (TPSA) is 63.5 Å². The van der Waals surface area contributed by atoms with Gasteiger partial charge in [-0.1, -0.05) is 6.07 Å². The minimum absolute atomic E-state index is 0.00346. The first kappa shape index (κ1) is 13.9. The Morgan fingerprint density at radius 3 is 2.68 bits per heavy atom. The molecule has 0 bridgehead atoms. The van der Waals surface area contributed by atoms with E-state index in [4.69, 9.17) is 0 Å². The van der Waals surface area contributed by atoms with Gasteiger partial charge in [0, 0.05) is 19.0 Å². The van der Waals surface area contributed by atoms with Crippen LogP contribution >= 0.6 is 12.6 Å². The van der Waals surface area contributed by atoms with Crippen LogP contribution < -0.4 is 4.90 Å². The summed E-state index contributed by atoms with van der Waals surface area (Å²) in [7, 11) is 0. The second-order valence-electron chi connectivity index (χ2n) is 4.89. The molecule has 1 heterocycles. The Bertz CT molecular complexity index is 545. The zero-order chi connectivity index (χ0) is 14.2. The smallest absolute Gasteiger partial charge is 0.293 e. The number of carbonyl (C=O) groups is 1. The first-order chi connectivity index (χ1) is 8.95. The Hall–Kier alpha value is -1.56. The fourth-order valence-electron chi connectivity index (χ4n) is 2.39. The van der Waals surface area contributed by atoms with Crippen molar-refractivity contribution in [2.45, 2.75) is 20.3 Å². The molecule has 0 aliphatic carbocycles. The van der Waals surface area contributed by atoms with Crippen LogP contribution in [0.4, 0.5) is 11.4 Å². The minimum atomic E-state index is -0.428. The predicted octanol–water partition coefficient (Wildman–Crippen LogP) is 2.49. The van der Waals surface area contributed by atoms with Crippen LogP contribution in [0, 0.1) is 29.9 Å². The summed E-state index contributed by atoms with van der Waals surface area (Å²) < 4.78 is 0. The van der Waals surface area contributed by atoms with Gasteiger partial charge in [0.1, 0.15) is 5.69 Å². The van der Waals surface area contributed by atoms with Crippen LogP contribution in [0.1, 0.15) is 17.5 Å². The molecule has 0 N–H and O–H groups in total. The molecule has 19 heavy (non-hydrogen) atoms. The number of carbonyl (C=O) groups excluding carboxylic acids is 1. The lowest BCUT2D eigenvalue weighted by atomic mass is 10.1. The molecule has 0 radical (unpaired) electrons. The molecule has 1 aliphatic rings. The molecule has 1 amide bonds. The van der Waals surface area contributed by atoms with Crippen LogP contribution in [0.25, 0.3) is 0 Å². The summed E-state index contributed by atoms with van der Waals surface area (Å²) in [6.07, 6.45) is 0.411. The van der Waals surface area contributed by atoms with E-state index in [9.17, 15) is 14.9 Å². The summed E-state index contributed by atoms with van der Waals surface area (Å²) in [6.45, 7) is 4.21. The highest BCUT2D eigenvalue weighted by atomic mass is 32.1. The van der Waals surface area contributed by atoms with E-state index in [-0.39, 0.29) is 17.5 Å². The van der Waals surface area contributed by atoms with Crippen LogP contribution in [-0.2, 0) is 4.79 Å². The first-order valence-electron chi connectivity index (χ1n) is 6.11. The maximum atomic E-state index is 12.1. The molecule has 0 aromatic heterocycles. The highest BCUT2D eigenvalue weighted by molar-refractivity contribution is 7.80. The van der Waals surface area contributed by atoms with Gasteiger partial charge in [-0.05, 0) is 36.6 Å². The number of hydrogen-bond acceptors (Lipinski definition) is 4. The Labute approximate surface area is 117 Å². The third-order valence-corrected chi connectivity index (χ3v) is 4.13. The lowest BCUT2D eigenvalue weighted by Gasteiger charge is -2.20. The van der Waals surface area contributed by atoms with Crippen LogP contribution in [0.15, 0.2) is 12.1 Å². The molecule has 1 aliphatic heterocycles. The van der Waals surface area contributed by atoms with Crippen molar-refractivity contribution in [2.24, 2.45) is 5.92 Å². The monoisotopic (exact) mass is 280 g/mol. The van der Waals surface area contributed by atoms with Crippen molar-refractivity contribution in [3.63, 3.8) is 0 Å². The number of nitrogens with zero attached hydrogens (tertiary/aromatic N) is 2. The molecule has 1 aromatic carbocycles. The molecule has 1 aromatic rings. The van der Waals surface area contributed by atoms with E-state index in [1.165, 1.54) is 6.07 Å². The van der Waals surface area contributed by atoms with Crippen molar-refractivity contribution >= 4 is 29.9 Å². The largest absolute Gasteiger partial charge is 0.306 e. The highest BCUT2D eigenvalue weighted by Crippen LogP contribution is 2.37. The SMILES string of the molecule is Cc1ccc([N+](=O)[O-])c(N2CC(CS)CC2=O)c1C. The minimum Gasteiger partial charge on any atom is -0.306 e. The Kier molecular flexibility index (Phi) is 3.80. The van der Waals surface area contributed by atoms with Crippen molar-refractivity contribution in [1.82, 2.24) is 0 Å². The maximum Gasteiger partial charge on any atom is 0.293 e. The van der Waals surface area contributed by atoms with Crippen LogP contribution in [0.2, 0.25) is 0 Å². The van der Waals surface area contributed by atoms with E-state index in [0.717, 1.165) is 11.1 Å². The highest BCUT2D eigenvalue weighted by Gasteiger charge is 2.34. The summed E-state index contributed by atoms with van der Waals surface area (Å²) in [5, 5.41) is 11.2. The van der Waals surface area contributed by atoms with Crippen molar-refractivity contribution < 1.29 is 9.72 Å². The summed E-state index contributed by atoms with van der Waals surface area (Å²) in [4.78, 5) is 24.3. The van der Waals surface area contributed by atoms with Crippen LogP contribution in [0.5, 0.6) is 0 Å². The van der Waals surface area contributed by atoms with Crippen molar-refractivity contribution in [1.29, 1.82) is 0 Å². The molecule has 1 unspecified atom stereocenters. The molecule has 1 saturated heterocycles. The molecular formula is C13H16N2O3S. The average Bonchev–Trinajstić information content (AvgIpc) is 2.73. The van der Waals surface area contributed by atoms with E-state index >= 15 is 0 Å². The molecule has 2 rings (SSSR count). The van der Waals surface area contributed by atoms with E-state index in [1.54, 1.807) is 11.0 Å². The second-order valence-corrected chi connectivity index (χ2v) is 5.25. The number of rotatable bonds is 3. The fraction of sp³-hybridized carbons (Fsp3) is 0.462. The lowest BCUT2D eigenvalue weighted by molar-refractivity contribution is -0.384. The van der Waals surface area contributed by atoms with Crippen LogP contribution in [-0.4, -0.2) is 23.1 Å². The molecule has 102 valence electrons. The van der Waals surface area contributed by atoms with E-state index in [0.29, 0.717) is 24.4 Å². The molecule has 5 nitrogen and oxygen atoms in total. The molecule has 1 atom stereocenters. The van der Waals surface area contributed by atoms with Gasteiger partial charge < -0.3 is 4.90 Å². The number of benzene rings is 1. The predicted molar refractivity (Wildman–Crippen MR) is 76.9 cm³/mol. The number of nitro groups is 1. The summed E-state index contributed by atoms with van der Waals surface area (Å²) >= 11 is 4.21. The Morgan fingerprint density at radius 2 is 2.16 bits per heavy atom. The first-order valence-corrected chi connectivity index (χ1v) is 6.74. The number of hydrogen-bond donors (Lipinski definition) is 1. The third kappa shape index (κ3) is 2.45. The number of aryl methyl sites for hydroxylation is 1. The van der Waals surface area contributed by atoms with Gasteiger partial charge in [-0.25, -0.2) is 0 Å². The lowest BCUT2D eigenvalue weighted by Crippen LogP contribution is -2.26. The van der Waals surface area contributed by atoms with E-state index in [1.807, 2.05) is 13.8 Å². The number of amides is 1. The van der Waals surface area contributed by atoms with Gasteiger partial charge in [-0.2, -0.15) is 12.6 Å². The van der Waals surface area contributed by atoms with Crippen molar-refractivity contribution in [3.05, 3.63) is 33.4 Å². The molecule has 0 spiro atoms. The van der Waals surface area contributed by atoms with Crippen LogP contribution in [0.3, 0.4) is 0 Å². The maximum absolute atomic E-state index is 12.1. The standard InChI is InChI=1S/C13H16N2O3S/c1-8-3-4-11(15(17)18)13(9(8)2)14-6-10(7-19)5-12(14)16/h3-4,10,19H,5-7H2,1-2H3. The van der Waals surface area contributed by atoms with Gasteiger partial charge in [0.25, 0.3) is 5.69 Å². The number of anilines is 1. The third-order valence-electron chi connectivity index (χ3n) is 3.61. The zero-order valence-electron chi connectivity index (χ0n) is 10.9. The Balaban J connectivity index is 2.52. The van der Waals surface area contributed by atoms with Crippen molar-refractivity contribution in [2.75, 3.05) is 17.2 Å². The zero-order valence-corrected chi connectivity index (χ0v) is 11.8. The van der Waals surface area contributed by atoms with Gasteiger partial charge >= 0.3 is 0 Å². The second kappa shape index (κ2) is 5.21. The normalized spacial score (nSPS) is 19.0. The van der Waals surface area contributed by atoms with Gasteiger partial charge in [-0.3, -0.25) is 14.9 Å². The van der Waals surface area contributed by atoms with E-state index < -0.39 is 4.92 Å². The quantitative estimate of drug-likeness (QED) is 0.525. The van der Waals surface area contributed by atoms with Gasteiger partial charge in [-0.15, -0.1) is 0 Å². The summed E-state index contributed by atoms with van der Waals surface area (Å²) in [5.74, 6) is 0.715. The fourth-order valence-corrected chi connectivity index (χ4v) is 2.64. The molecule has 1 fully saturated rings. The molecular weight excluding hydrogens is 264 g/mol. The van der Waals surface area contributed by atoms with Crippen molar-refractivity contribution in [3.8, 4) is 0 Å². The van der Waals surface area contributed by atoms with Gasteiger partial charge in [0.2, 0.25) is 5.91 Å². The summed E-state index contributed by atoms with van der Waals surface area (Å²) in [6, 6.07) is 3.19. The summed E-state index contributed by atoms with van der Waals surface area (Å²) in [5.41, 5.74) is 2.18. The average molecular weight is 280 g/mol. The van der Waals surface area contributed by atoms with Gasteiger partial charge in [0.05, 0.1) is 4.92 Å².